The van der Waals surface area contributed by atoms with Crippen molar-refractivity contribution in [1.82, 2.24) is 10.2 Å². The number of amides is 2. The van der Waals surface area contributed by atoms with Crippen LogP contribution >= 0.6 is 0 Å². The molecule has 28 heavy (non-hydrogen) atoms. The maximum absolute atomic E-state index is 13.3. The number of halogens is 1. The number of anilines is 1. The molecule has 1 saturated carbocycles. The molecule has 3 rings (SSSR count). The summed E-state index contributed by atoms with van der Waals surface area (Å²) < 4.78 is 18.5. The highest BCUT2D eigenvalue weighted by molar-refractivity contribution is 5.93. The highest BCUT2D eigenvalue weighted by atomic mass is 19.1. The number of carbonyl (C=O) groups excluding carboxylic acids is 2. The van der Waals surface area contributed by atoms with Crippen LogP contribution in [-0.2, 0) is 9.59 Å². The summed E-state index contributed by atoms with van der Waals surface area (Å²) in [5.41, 5.74) is 1.25. The number of benzene rings is 2. The molecule has 1 aliphatic carbocycles. The molecule has 2 N–H and O–H groups in total. The van der Waals surface area contributed by atoms with E-state index >= 15 is 0 Å². The van der Waals surface area contributed by atoms with Crippen molar-refractivity contribution >= 4 is 17.5 Å². The summed E-state index contributed by atoms with van der Waals surface area (Å²) in [6.07, 6.45) is 1.92. The van der Waals surface area contributed by atoms with E-state index in [0.717, 1.165) is 12.8 Å². The number of rotatable bonds is 8. The van der Waals surface area contributed by atoms with Gasteiger partial charge in [-0.05, 0) is 49.7 Å². The van der Waals surface area contributed by atoms with Crippen LogP contribution in [0.4, 0.5) is 10.1 Å². The lowest BCUT2D eigenvalue weighted by atomic mass is 10.0. The molecular weight excluding hydrogens is 361 g/mol. The van der Waals surface area contributed by atoms with E-state index < -0.39 is 6.04 Å². The Hall–Kier alpha value is -2.93. The second-order valence-corrected chi connectivity index (χ2v) is 6.93. The first kappa shape index (κ1) is 19.8. The number of ether oxygens (including phenoxy) is 1. The molecule has 6 nitrogen and oxygen atoms in total. The van der Waals surface area contributed by atoms with Crippen molar-refractivity contribution in [2.24, 2.45) is 0 Å². The van der Waals surface area contributed by atoms with Gasteiger partial charge in [0.15, 0.2) is 0 Å². The average molecular weight is 385 g/mol. The number of nitrogens with zero attached hydrogens (tertiary/aromatic N) is 1. The van der Waals surface area contributed by atoms with Crippen molar-refractivity contribution in [3.05, 3.63) is 59.9 Å². The zero-order valence-electron chi connectivity index (χ0n) is 15.9. The van der Waals surface area contributed by atoms with Gasteiger partial charge in [-0.25, -0.2) is 4.39 Å². The number of likely N-dealkylation sites (N-methyl/N-ethyl adjacent to an activating group) is 1. The van der Waals surface area contributed by atoms with Crippen LogP contribution in [0.3, 0.4) is 0 Å². The lowest BCUT2D eigenvalue weighted by Crippen LogP contribution is -2.42. The molecule has 1 atom stereocenters. The first-order valence-electron chi connectivity index (χ1n) is 9.16. The molecule has 1 aliphatic rings. The topological polar surface area (TPSA) is 70.7 Å². The van der Waals surface area contributed by atoms with Gasteiger partial charge >= 0.3 is 0 Å². The molecule has 1 unspecified atom stereocenters. The van der Waals surface area contributed by atoms with Gasteiger partial charge in [0.1, 0.15) is 17.6 Å². The number of carbonyl (C=O) groups is 2. The Balaban J connectivity index is 1.70. The number of methoxy groups -OCH3 is 1. The molecule has 0 saturated heterocycles. The molecule has 0 spiro atoms. The summed E-state index contributed by atoms with van der Waals surface area (Å²) >= 11 is 0. The summed E-state index contributed by atoms with van der Waals surface area (Å²) in [4.78, 5) is 26.9. The third-order valence-corrected chi connectivity index (χ3v) is 4.55. The average Bonchev–Trinajstić information content (AvgIpc) is 3.47. The Kier molecular flexibility index (Phi) is 6.26. The normalized spacial score (nSPS) is 14.4. The first-order chi connectivity index (χ1) is 13.5. The predicted molar refractivity (Wildman–Crippen MR) is 105 cm³/mol. The maximum atomic E-state index is 13.3. The summed E-state index contributed by atoms with van der Waals surface area (Å²) in [6.45, 7) is -0.00264. The fourth-order valence-electron chi connectivity index (χ4n) is 2.98. The van der Waals surface area contributed by atoms with Crippen LogP contribution in [0, 0.1) is 5.82 Å². The Morgan fingerprint density at radius 1 is 1.21 bits per heavy atom. The molecule has 0 radical (unpaired) electrons. The Morgan fingerprint density at radius 2 is 1.93 bits per heavy atom. The van der Waals surface area contributed by atoms with Gasteiger partial charge in [-0.3, -0.25) is 14.5 Å². The highest BCUT2D eigenvalue weighted by Gasteiger charge is 2.31. The number of hydrogen-bond acceptors (Lipinski definition) is 4. The van der Waals surface area contributed by atoms with Crippen LogP contribution in [0.5, 0.6) is 5.75 Å². The van der Waals surface area contributed by atoms with Gasteiger partial charge in [-0.1, -0.05) is 18.2 Å². The van der Waals surface area contributed by atoms with E-state index in [1.54, 1.807) is 55.5 Å². The molecule has 2 amide bonds. The van der Waals surface area contributed by atoms with E-state index in [-0.39, 0.29) is 30.2 Å². The van der Waals surface area contributed by atoms with E-state index in [2.05, 4.69) is 10.6 Å². The van der Waals surface area contributed by atoms with Gasteiger partial charge in [0.2, 0.25) is 11.8 Å². The molecule has 0 aliphatic heterocycles. The molecule has 2 aromatic carbocycles. The maximum Gasteiger partial charge on any atom is 0.242 e. The van der Waals surface area contributed by atoms with Crippen LogP contribution in [0.25, 0.3) is 0 Å². The van der Waals surface area contributed by atoms with Crippen molar-refractivity contribution < 1.29 is 18.7 Å². The lowest BCUT2D eigenvalue weighted by molar-refractivity contribution is -0.127. The van der Waals surface area contributed by atoms with Crippen LogP contribution in [-0.4, -0.2) is 43.5 Å². The minimum atomic E-state index is -0.683. The van der Waals surface area contributed by atoms with Crippen molar-refractivity contribution in [1.29, 1.82) is 0 Å². The minimum absolute atomic E-state index is 0.00264. The second kappa shape index (κ2) is 8.84. The Morgan fingerprint density at radius 3 is 2.57 bits per heavy atom. The van der Waals surface area contributed by atoms with Gasteiger partial charge in [-0.2, -0.15) is 0 Å². The molecule has 7 heteroatoms. The number of nitrogens with one attached hydrogen (secondary N) is 2. The Bertz CT molecular complexity index is 837. The monoisotopic (exact) mass is 385 g/mol. The summed E-state index contributed by atoms with van der Waals surface area (Å²) in [5.74, 6) is -0.185. The molecule has 2 aromatic rings. The van der Waals surface area contributed by atoms with E-state index in [4.69, 9.17) is 4.74 Å². The second-order valence-electron chi connectivity index (χ2n) is 6.93. The van der Waals surface area contributed by atoms with Crippen LogP contribution < -0.4 is 15.4 Å². The zero-order valence-corrected chi connectivity index (χ0v) is 15.9. The quantitative estimate of drug-likeness (QED) is 0.733. The molecule has 148 valence electrons. The summed E-state index contributed by atoms with van der Waals surface area (Å²) in [6, 6.07) is 12.3. The standard InChI is InChI=1S/C21H24FN3O3/c1-25(13-19(26)23-17-4-3-5-18(12-17)28-2)20(21(27)24-16-10-11-16)14-6-8-15(22)9-7-14/h3-9,12,16,20H,10-11,13H2,1-2H3,(H,23,26)(H,24,27). The van der Waals surface area contributed by atoms with Crippen LogP contribution in [0.15, 0.2) is 48.5 Å². The molecule has 1 fully saturated rings. The zero-order chi connectivity index (χ0) is 20.1. The van der Waals surface area contributed by atoms with E-state index in [1.807, 2.05) is 0 Å². The summed E-state index contributed by atoms with van der Waals surface area (Å²) in [7, 11) is 3.26. The van der Waals surface area contributed by atoms with Crippen molar-refractivity contribution in [3.63, 3.8) is 0 Å². The van der Waals surface area contributed by atoms with Gasteiger partial charge in [0, 0.05) is 17.8 Å². The third kappa shape index (κ3) is 5.29. The Labute approximate surface area is 163 Å². The van der Waals surface area contributed by atoms with Crippen molar-refractivity contribution in [3.8, 4) is 5.75 Å². The van der Waals surface area contributed by atoms with E-state index in [1.165, 1.54) is 12.1 Å². The van der Waals surface area contributed by atoms with E-state index in [9.17, 15) is 14.0 Å². The third-order valence-electron chi connectivity index (χ3n) is 4.55. The predicted octanol–water partition coefficient (Wildman–Crippen LogP) is 2.72. The SMILES string of the molecule is COc1cccc(NC(=O)CN(C)C(C(=O)NC2CC2)c2ccc(F)cc2)c1. The van der Waals surface area contributed by atoms with Crippen molar-refractivity contribution in [2.75, 3.05) is 26.0 Å². The van der Waals surface area contributed by atoms with Gasteiger partial charge in [-0.15, -0.1) is 0 Å². The number of hydrogen-bond donors (Lipinski definition) is 2. The van der Waals surface area contributed by atoms with Gasteiger partial charge in [0.25, 0.3) is 0 Å². The highest BCUT2D eigenvalue weighted by Crippen LogP contribution is 2.24. The molecule has 0 aromatic heterocycles. The minimum Gasteiger partial charge on any atom is -0.497 e. The van der Waals surface area contributed by atoms with E-state index in [0.29, 0.717) is 17.0 Å². The first-order valence-corrected chi connectivity index (χ1v) is 9.16. The smallest absolute Gasteiger partial charge is 0.242 e. The lowest BCUT2D eigenvalue weighted by Gasteiger charge is -2.27. The van der Waals surface area contributed by atoms with Crippen molar-refractivity contribution in [2.45, 2.75) is 24.9 Å². The molecular formula is C21H24FN3O3. The molecule has 0 bridgehead atoms. The fourth-order valence-corrected chi connectivity index (χ4v) is 2.98. The largest absolute Gasteiger partial charge is 0.497 e. The summed E-state index contributed by atoms with van der Waals surface area (Å²) in [5, 5.41) is 5.77. The van der Waals surface area contributed by atoms with Crippen LogP contribution in [0.2, 0.25) is 0 Å². The molecule has 0 heterocycles. The van der Waals surface area contributed by atoms with Crippen LogP contribution in [0.1, 0.15) is 24.4 Å². The van der Waals surface area contributed by atoms with Gasteiger partial charge < -0.3 is 15.4 Å². The fraction of sp³-hybridized carbons (Fsp3) is 0.333. The van der Waals surface area contributed by atoms with Gasteiger partial charge in [0.05, 0.1) is 13.7 Å².